The Morgan fingerprint density at radius 2 is 1.90 bits per heavy atom. The Kier molecular flexibility index (Phi) is 3.44. The highest BCUT2D eigenvalue weighted by molar-refractivity contribution is 5.29. The van der Waals surface area contributed by atoms with Gasteiger partial charge in [0.25, 0.3) is 0 Å². The van der Waals surface area contributed by atoms with Crippen molar-refractivity contribution in [3.63, 3.8) is 0 Å². The molecule has 3 aliphatic carbocycles. The van der Waals surface area contributed by atoms with E-state index in [0.717, 1.165) is 6.42 Å². The molecule has 21 heavy (non-hydrogen) atoms. The van der Waals surface area contributed by atoms with E-state index in [2.05, 4.69) is 46.4 Å². The standard InChI is InChI=1S/C20H32O/c1-6-19(4)11-8-15-14(13-19)16(21)12-17-18(2,3)9-7-10-20(15,17)5/h6,13,15-17,21H,1,7-12H2,2-5H3. The Balaban J connectivity index is 2.03. The fraction of sp³-hybridized carbons (Fsp3) is 0.800. The van der Waals surface area contributed by atoms with E-state index in [1.54, 1.807) is 0 Å². The summed E-state index contributed by atoms with van der Waals surface area (Å²) in [6.07, 6.45) is 11.6. The van der Waals surface area contributed by atoms with Crippen molar-refractivity contribution in [2.75, 3.05) is 0 Å². The molecular weight excluding hydrogens is 256 g/mol. The van der Waals surface area contributed by atoms with Crippen LogP contribution >= 0.6 is 0 Å². The van der Waals surface area contributed by atoms with Crippen LogP contribution in [0.5, 0.6) is 0 Å². The number of hydrogen-bond acceptors (Lipinski definition) is 1. The fourth-order valence-corrected chi connectivity index (χ4v) is 5.91. The highest BCUT2D eigenvalue weighted by atomic mass is 16.3. The second-order valence-electron chi connectivity index (χ2n) is 9.10. The first-order valence-corrected chi connectivity index (χ1v) is 8.76. The number of hydrogen-bond donors (Lipinski definition) is 1. The summed E-state index contributed by atoms with van der Waals surface area (Å²) in [7, 11) is 0. The van der Waals surface area contributed by atoms with Gasteiger partial charge in [-0.1, -0.05) is 46.3 Å². The van der Waals surface area contributed by atoms with Crippen LogP contribution in [0, 0.1) is 28.1 Å². The lowest BCUT2D eigenvalue weighted by Gasteiger charge is -2.60. The van der Waals surface area contributed by atoms with E-state index < -0.39 is 0 Å². The summed E-state index contributed by atoms with van der Waals surface area (Å²) in [6, 6.07) is 0. The minimum atomic E-state index is -0.231. The third kappa shape index (κ3) is 2.23. The van der Waals surface area contributed by atoms with Gasteiger partial charge in [-0.25, -0.2) is 0 Å². The maximum atomic E-state index is 10.8. The number of fused-ring (bicyclic) bond motifs is 3. The second-order valence-corrected chi connectivity index (χ2v) is 9.10. The smallest absolute Gasteiger partial charge is 0.0756 e. The molecule has 5 unspecified atom stereocenters. The van der Waals surface area contributed by atoms with E-state index in [0.29, 0.717) is 22.7 Å². The van der Waals surface area contributed by atoms with Gasteiger partial charge < -0.3 is 5.11 Å². The maximum Gasteiger partial charge on any atom is 0.0756 e. The van der Waals surface area contributed by atoms with Crippen LogP contribution in [0.25, 0.3) is 0 Å². The van der Waals surface area contributed by atoms with Gasteiger partial charge in [-0.3, -0.25) is 0 Å². The van der Waals surface area contributed by atoms with E-state index in [1.807, 2.05) is 0 Å². The SMILES string of the molecule is C=CC1(C)C=C2C(O)CC3C(C)(C)CCCC3(C)C2CC1. The van der Waals surface area contributed by atoms with Crippen LogP contribution in [0.4, 0.5) is 0 Å². The van der Waals surface area contributed by atoms with Crippen molar-refractivity contribution in [1.29, 1.82) is 0 Å². The summed E-state index contributed by atoms with van der Waals surface area (Å²) in [4.78, 5) is 0. The zero-order chi connectivity index (χ0) is 15.5. The number of aliphatic hydroxyl groups is 1. The van der Waals surface area contributed by atoms with Crippen LogP contribution in [0.3, 0.4) is 0 Å². The molecule has 0 amide bonds. The van der Waals surface area contributed by atoms with E-state index in [1.165, 1.54) is 37.7 Å². The number of aliphatic hydroxyl groups excluding tert-OH is 1. The molecule has 1 N–H and O–H groups in total. The van der Waals surface area contributed by atoms with Gasteiger partial charge in [0.2, 0.25) is 0 Å². The first kappa shape index (κ1) is 15.3. The summed E-state index contributed by atoms with van der Waals surface area (Å²) < 4.78 is 0. The molecule has 0 saturated heterocycles. The minimum Gasteiger partial charge on any atom is -0.389 e. The van der Waals surface area contributed by atoms with Crippen molar-refractivity contribution in [2.24, 2.45) is 28.1 Å². The van der Waals surface area contributed by atoms with Gasteiger partial charge in [-0.15, -0.1) is 6.58 Å². The molecule has 0 heterocycles. The van der Waals surface area contributed by atoms with Crippen molar-refractivity contribution in [1.82, 2.24) is 0 Å². The molecule has 1 heteroatoms. The Bertz CT molecular complexity index is 474. The highest BCUT2D eigenvalue weighted by Gasteiger charge is 2.56. The molecular formula is C20H32O. The maximum absolute atomic E-state index is 10.8. The molecule has 0 aromatic carbocycles. The van der Waals surface area contributed by atoms with E-state index in [4.69, 9.17) is 0 Å². The second kappa shape index (κ2) is 4.72. The molecule has 0 aliphatic heterocycles. The Morgan fingerprint density at radius 3 is 2.57 bits per heavy atom. The van der Waals surface area contributed by atoms with Crippen LogP contribution in [0.15, 0.2) is 24.3 Å². The molecule has 3 aliphatic rings. The van der Waals surface area contributed by atoms with Crippen molar-refractivity contribution >= 4 is 0 Å². The van der Waals surface area contributed by atoms with E-state index in [9.17, 15) is 5.11 Å². The third-order valence-electron chi connectivity index (χ3n) is 7.25. The topological polar surface area (TPSA) is 20.2 Å². The Labute approximate surface area is 130 Å². The monoisotopic (exact) mass is 288 g/mol. The molecule has 5 atom stereocenters. The average molecular weight is 288 g/mol. The van der Waals surface area contributed by atoms with Crippen molar-refractivity contribution in [2.45, 2.75) is 72.3 Å². The molecule has 1 nitrogen and oxygen atoms in total. The first-order valence-electron chi connectivity index (χ1n) is 8.76. The van der Waals surface area contributed by atoms with Gasteiger partial charge >= 0.3 is 0 Å². The lowest BCUT2D eigenvalue weighted by molar-refractivity contribution is -0.0883. The Morgan fingerprint density at radius 1 is 1.19 bits per heavy atom. The van der Waals surface area contributed by atoms with Crippen molar-refractivity contribution in [3.8, 4) is 0 Å². The Hall–Kier alpha value is -0.560. The highest BCUT2D eigenvalue weighted by Crippen LogP contribution is 2.63. The average Bonchev–Trinajstić information content (AvgIpc) is 2.41. The quantitative estimate of drug-likeness (QED) is 0.665. The van der Waals surface area contributed by atoms with Crippen LogP contribution in [0.2, 0.25) is 0 Å². The fourth-order valence-electron chi connectivity index (χ4n) is 5.91. The molecule has 2 saturated carbocycles. The summed E-state index contributed by atoms with van der Waals surface area (Å²) in [5, 5.41) is 10.8. The molecule has 0 bridgehead atoms. The zero-order valence-corrected chi connectivity index (χ0v) is 14.3. The third-order valence-corrected chi connectivity index (χ3v) is 7.25. The van der Waals surface area contributed by atoms with Crippen molar-refractivity contribution in [3.05, 3.63) is 24.3 Å². The summed E-state index contributed by atoms with van der Waals surface area (Å²) in [5.74, 6) is 1.24. The molecule has 118 valence electrons. The van der Waals surface area contributed by atoms with Gasteiger partial charge in [0.05, 0.1) is 6.10 Å². The predicted octanol–water partition coefficient (Wildman–Crippen LogP) is 5.11. The van der Waals surface area contributed by atoms with E-state index in [-0.39, 0.29) is 11.5 Å². The lowest BCUT2D eigenvalue weighted by Crippen LogP contribution is -2.54. The van der Waals surface area contributed by atoms with Gasteiger partial charge in [-0.05, 0) is 60.3 Å². The minimum absolute atomic E-state index is 0.0835. The molecule has 2 fully saturated rings. The first-order chi connectivity index (χ1) is 9.72. The number of allylic oxidation sites excluding steroid dienone is 2. The van der Waals surface area contributed by atoms with Gasteiger partial charge in [0.1, 0.15) is 0 Å². The molecule has 0 radical (unpaired) electrons. The van der Waals surface area contributed by atoms with Crippen LogP contribution in [-0.2, 0) is 0 Å². The zero-order valence-electron chi connectivity index (χ0n) is 14.3. The van der Waals surface area contributed by atoms with Gasteiger partial charge in [0.15, 0.2) is 0 Å². The predicted molar refractivity (Wildman–Crippen MR) is 89.0 cm³/mol. The summed E-state index contributed by atoms with van der Waals surface area (Å²) in [5.41, 5.74) is 2.17. The van der Waals surface area contributed by atoms with Crippen LogP contribution in [0.1, 0.15) is 66.2 Å². The van der Waals surface area contributed by atoms with Crippen LogP contribution < -0.4 is 0 Å². The lowest BCUT2D eigenvalue weighted by atomic mass is 9.45. The molecule has 0 aromatic rings. The molecule has 3 rings (SSSR count). The largest absolute Gasteiger partial charge is 0.389 e. The van der Waals surface area contributed by atoms with Crippen molar-refractivity contribution < 1.29 is 5.11 Å². The summed E-state index contributed by atoms with van der Waals surface area (Å²) >= 11 is 0. The number of rotatable bonds is 1. The van der Waals surface area contributed by atoms with E-state index >= 15 is 0 Å². The molecule has 0 aromatic heterocycles. The summed E-state index contributed by atoms with van der Waals surface area (Å²) in [6.45, 7) is 13.6. The van der Waals surface area contributed by atoms with Gasteiger partial charge in [-0.2, -0.15) is 0 Å². The normalized spacial score (nSPS) is 48.8. The van der Waals surface area contributed by atoms with Gasteiger partial charge in [0, 0.05) is 5.41 Å². The molecule has 0 spiro atoms. The van der Waals surface area contributed by atoms with Crippen LogP contribution in [-0.4, -0.2) is 11.2 Å².